The highest BCUT2D eigenvalue weighted by atomic mass is 16.6. The Morgan fingerprint density at radius 1 is 1.25 bits per heavy atom. The molecule has 0 atom stereocenters. The quantitative estimate of drug-likeness (QED) is 0.878. The Labute approximate surface area is 114 Å². The summed E-state index contributed by atoms with van der Waals surface area (Å²) in [6.07, 6.45) is 2.53. The van der Waals surface area contributed by atoms with Gasteiger partial charge in [0.1, 0.15) is 30.9 Å². The van der Waals surface area contributed by atoms with Crippen LogP contribution in [-0.4, -0.2) is 34.3 Å². The molecule has 0 fully saturated rings. The molecule has 0 unspecified atom stereocenters. The molecule has 0 saturated carbocycles. The normalized spacial score (nSPS) is 12.8. The molecular weight excluding hydrogens is 262 g/mol. The summed E-state index contributed by atoms with van der Waals surface area (Å²) in [7, 11) is 0. The van der Waals surface area contributed by atoms with Gasteiger partial charge in [-0.2, -0.15) is 0 Å². The van der Waals surface area contributed by atoms with Gasteiger partial charge in [-0.25, -0.2) is 14.8 Å². The van der Waals surface area contributed by atoms with E-state index in [-0.39, 0.29) is 11.4 Å². The van der Waals surface area contributed by atoms with E-state index < -0.39 is 5.97 Å². The van der Waals surface area contributed by atoms with Crippen LogP contribution in [0.5, 0.6) is 11.5 Å². The van der Waals surface area contributed by atoms with Gasteiger partial charge in [-0.3, -0.25) is 0 Å². The van der Waals surface area contributed by atoms with Crippen LogP contribution in [0.1, 0.15) is 10.4 Å². The average molecular weight is 273 g/mol. The molecule has 1 aliphatic heterocycles. The molecule has 0 saturated heterocycles. The fourth-order valence-corrected chi connectivity index (χ4v) is 1.84. The largest absolute Gasteiger partial charge is 0.486 e. The van der Waals surface area contributed by atoms with Gasteiger partial charge in [0.25, 0.3) is 0 Å². The molecule has 2 heterocycles. The number of ether oxygens (including phenoxy) is 2. The molecule has 3 rings (SSSR count). The van der Waals surface area contributed by atoms with Crippen LogP contribution < -0.4 is 14.8 Å². The lowest BCUT2D eigenvalue weighted by Gasteiger charge is -2.19. The van der Waals surface area contributed by atoms with E-state index >= 15 is 0 Å². The van der Waals surface area contributed by atoms with Gasteiger partial charge in [0.2, 0.25) is 0 Å². The first-order chi connectivity index (χ1) is 9.74. The lowest BCUT2D eigenvalue weighted by molar-refractivity contribution is 0.0697. The van der Waals surface area contributed by atoms with Gasteiger partial charge in [-0.15, -0.1) is 0 Å². The third kappa shape index (κ3) is 2.33. The standard InChI is InChI=1S/C13H11N3O4/c17-13(18)9-6-14-7-15-12(9)16-8-1-2-10-11(5-8)20-4-3-19-10/h1-2,5-7H,3-4H2,(H,17,18)(H,14,15,16). The Kier molecular flexibility index (Phi) is 3.08. The molecule has 0 amide bonds. The number of benzene rings is 1. The van der Waals surface area contributed by atoms with Crippen molar-refractivity contribution in [1.29, 1.82) is 0 Å². The van der Waals surface area contributed by atoms with Crippen molar-refractivity contribution in [3.8, 4) is 11.5 Å². The van der Waals surface area contributed by atoms with Crippen molar-refractivity contribution in [3.63, 3.8) is 0 Å². The molecule has 0 spiro atoms. The van der Waals surface area contributed by atoms with Crippen LogP contribution in [0.3, 0.4) is 0 Å². The molecule has 2 N–H and O–H groups in total. The van der Waals surface area contributed by atoms with E-state index in [2.05, 4.69) is 15.3 Å². The van der Waals surface area contributed by atoms with Crippen molar-refractivity contribution < 1.29 is 19.4 Å². The van der Waals surface area contributed by atoms with Gasteiger partial charge in [0.15, 0.2) is 11.5 Å². The number of fused-ring (bicyclic) bond motifs is 1. The van der Waals surface area contributed by atoms with Gasteiger partial charge in [0, 0.05) is 18.0 Å². The molecule has 102 valence electrons. The van der Waals surface area contributed by atoms with Crippen molar-refractivity contribution in [3.05, 3.63) is 36.3 Å². The smallest absolute Gasteiger partial charge is 0.341 e. The minimum atomic E-state index is -1.09. The third-order valence-electron chi connectivity index (χ3n) is 2.75. The predicted octanol–water partition coefficient (Wildman–Crippen LogP) is 1.69. The van der Waals surface area contributed by atoms with Crippen LogP contribution in [0.2, 0.25) is 0 Å². The van der Waals surface area contributed by atoms with Crippen LogP contribution >= 0.6 is 0 Å². The maximum Gasteiger partial charge on any atom is 0.341 e. The third-order valence-corrected chi connectivity index (χ3v) is 2.75. The molecule has 7 heteroatoms. The number of nitrogens with zero attached hydrogens (tertiary/aromatic N) is 2. The van der Waals surface area contributed by atoms with Gasteiger partial charge in [0.05, 0.1) is 0 Å². The molecular formula is C13H11N3O4. The number of hydrogen-bond acceptors (Lipinski definition) is 6. The minimum Gasteiger partial charge on any atom is -0.486 e. The Balaban J connectivity index is 1.90. The van der Waals surface area contributed by atoms with Gasteiger partial charge < -0.3 is 19.9 Å². The summed E-state index contributed by atoms with van der Waals surface area (Å²) in [5.41, 5.74) is 0.665. The Hall–Kier alpha value is -2.83. The van der Waals surface area contributed by atoms with E-state index in [1.165, 1.54) is 12.5 Å². The SMILES string of the molecule is O=C(O)c1cncnc1Nc1ccc2c(c1)OCCO2. The first-order valence-corrected chi connectivity index (χ1v) is 5.94. The van der Waals surface area contributed by atoms with E-state index in [4.69, 9.17) is 14.6 Å². The van der Waals surface area contributed by atoms with E-state index in [9.17, 15) is 4.79 Å². The first-order valence-electron chi connectivity index (χ1n) is 5.94. The number of carboxylic acids is 1. The number of hydrogen-bond donors (Lipinski definition) is 2. The highest BCUT2D eigenvalue weighted by molar-refractivity contribution is 5.93. The molecule has 20 heavy (non-hydrogen) atoms. The van der Waals surface area contributed by atoms with Crippen molar-refractivity contribution in [2.24, 2.45) is 0 Å². The van der Waals surface area contributed by atoms with E-state index in [1.807, 2.05) is 0 Å². The second-order valence-electron chi connectivity index (χ2n) is 4.07. The highest BCUT2D eigenvalue weighted by Crippen LogP contribution is 2.33. The number of aromatic carboxylic acids is 1. The van der Waals surface area contributed by atoms with Crippen molar-refractivity contribution in [2.75, 3.05) is 18.5 Å². The maximum atomic E-state index is 11.1. The van der Waals surface area contributed by atoms with Crippen molar-refractivity contribution in [2.45, 2.75) is 0 Å². The number of nitrogens with one attached hydrogen (secondary N) is 1. The van der Waals surface area contributed by atoms with Gasteiger partial charge in [-0.05, 0) is 12.1 Å². The van der Waals surface area contributed by atoms with Crippen LogP contribution in [0.4, 0.5) is 11.5 Å². The molecule has 7 nitrogen and oxygen atoms in total. The summed E-state index contributed by atoms with van der Waals surface area (Å²) in [4.78, 5) is 18.7. The maximum absolute atomic E-state index is 11.1. The second-order valence-corrected chi connectivity index (χ2v) is 4.07. The monoisotopic (exact) mass is 273 g/mol. The number of carbonyl (C=O) groups is 1. The van der Waals surface area contributed by atoms with Crippen LogP contribution in [0, 0.1) is 0 Å². The summed E-state index contributed by atoms with van der Waals surface area (Å²) in [5, 5.41) is 12.0. The second kappa shape index (κ2) is 5.04. The van der Waals surface area contributed by atoms with Gasteiger partial charge in [-0.1, -0.05) is 0 Å². The summed E-state index contributed by atoms with van der Waals surface area (Å²) in [5.74, 6) is 0.421. The minimum absolute atomic E-state index is 0.00221. The molecule has 1 aliphatic rings. The number of anilines is 2. The number of carboxylic acid groups (broad SMARTS) is 1. The molecule has 1 aromatic carbocycles. The zero-order valence-corrected chi connectivity index (χ0v) is 10.4. The zero-order chi connectivity index (χ0) is 13.9. The van der Waals surface area contributed by atoms with Gasteiger partial charge >= 0.3 is 5.97 Å². The fraction of sp³-hybridized carbons (Fsp3) is 0.154. The first kappa shape index (κ1) is 12.2. The summed E-state index contributed by atoms with van der Waals surface area (Å²) in [6.45, 7) is 1.01. The van der Waals surface area contributed by atoms with Crippen molar-refractivity contribution >= 4 is 17.5 Å². The summed E-state index contributed by atoms with van der Waals surface area (Å²) >= 11 is 0. The van der Waals surface area contributed by atoms with Crippen LogP contribution in [0.15, 0.2) is 30.7 Å². The fourth-order valence-electron chi connectivity index (χ4n) is 1.84. The summed E-state index contributed by atoms with van der Waals surface area (Å²) in [6, 6.07) is 5.27. The lowest BCUT2D eigenvalue weighted by atomic mass is 10.2. The summed E-state index contributed by atoms with van der Waals surface area (Å²) < 4.78 is 10.9. The van der Waals surface area contributed by atoms with E-state index in [0.717, 1.165) is 0 Å². The molecule has 1 aromatic heterocycles. The van der Waals surface area contributed by atoms with E-state index in [0.29, 0.717) is 30.4 Å². The lowest BCUT2D eigenvalue weighted by Crippen LogP contribution is -2.15. The zero-order valence-electron chi connectivity index (χ0n) is 10.4. The highest BCUT2D eigenvalue weighted by Gasteiger charge is 2.14. The van der Waals surface area contributed by atoms with Crippen LogP contribution in [0.25, 0.3) is 0 Å². The molecule has 0 radical (unpaired) electrons. The Bertz CT molecular complexity index is 660. The van der Waals surface area contributed by atoms with Crippen molar-refractivity contribution in [1.82, 2.24) is 9.97 Å². The molecule has 0 aliphatic carbocycles. The molecule has 0 bridgehead atoms. The molecule has 2 aromatic rings. The Morgan fingerprint density at radius 2 is 2.05 bits per heavy atom. The number of aromatic nitrogens is 2. The van der Waals surface area contributed by atoms with E-state index in [1.54, 1.807) is 18.2 Å². The topological polar surface area (TPSA) is 93.6 Å². The average Bonchev–Trinajstić information content (AvgIpc) is 2.47. The van der Waals surface area contributed by atoms with Crippen LogP contribution in [-0.2, 0) is 0 Å². The predicted molar refractivity (Wildman–Crippen MR) is 69.7 cm³/mol. The Morgan fingerprint density at radius 3 is 2.85 bits per heavy atom. The number of rotatable bonds is 3.